The zero-order valence-electron chi connectivity index (χ0n) is 11.4. The molecule has 2 aliphatic heterocycles. The number of nitrogens with zero attached hydrogens (tertiary/aromatic N) is 3. The van der Waals surface area contributed by atoms with Crippen LogP contribution in [0.1, 0.15) is 12.8 Å². The number of piperazine rings is 1. The molecule has 0 saturated carbocycles. The van der Waals surface area contributed by atoms with Crippen LogP contribution in [0.25, 0.3) is 10.9 Å². The van der Waals surface area contributed by atoms with Crippen LogP contribution in [0.15, 0.2) is 30.5 Å². The lowest BCUT2D eigenvalue weighted by atomic mass is 10.1. The minimum absolute atomic E-state index is 0.721. The van der Waals surface area contributed by atoms with Gasteiger partial charge in [0.25, 0.3) is 0 Å². The molecule has 2 aromatic rings. The molecule has 104 valence electrons. The molecule has 4 heteroatoms. The van der Waals surface area contributed by atoms with Crippen molar-refractivity contribution in [2.24, 2.45) is 0 Å². The zero-order chi connectivity index (χ0) is 13.5. The highest BCUT2D eigenvalue weighted by Crippen LogP contribution is 2.33. The van der Waals surface area contributed by atoms with Gasteiger partial charge in [0.2, 0.25) is 0 Å². The summed E-state index contributed by atoms with van der Waals surface area (Å²) in [6.07, 6.45) is 4.53. The maximum absolute atomic E-state index is 6.29. The maximum atomic E-state index is 6.29. The van der Waals surface area contributed by atoms with Gasteiger partial charge in [-0.15, -0.1) is 0 Å². The molecule has 3 nitrogen and oxygen atoms in total. The summed E-state index contributed by atoms with van der Waals surface area (Å²) in [6, 6.07) is 8.86. The van der Waals surface area contributed by atoms with Gasteiger partial charge in [-0.05, 0) is 43.7 Å². The predicted molar refractivity (Wildman–Crippen MR) is 83.6 cm³/mol. The second-order valence-electron chi connectivity index (χ2n) is 5.74. The summed E-state index contributed by atoms with van der Waals surface area (Å²) in [6.45, 7) is 4.65. The Morgan fingerprint density at radius 1 is 1.15 bits per heavy atom. The van der Waals surface area contributed by atoms with E-state index < -0.39 is 0 Å². The fourth-order valence-electron chi connectivity index (χ4n) is 3.59. The van der Waals surface area contributed by atoms with Gasteiger partial charge < -0.3 is 4.90 Å². The van der Waals surface area contributed by atoms with Crippen LogP contribution in [-0.4, -0.2) is 42.1 Å². The lowest BCUT2D eigenvalue weighted by Gasteiger charge is -2.39. The van der Waals surface area contributed by atoms with Crippen LogP contribution in [0.5, 0.6) is 0 Å². The van der Waals surface area contributed by atoms with Crippen LogP contribution in [0.3, 0.4) is 0 Å². The largest absolute Gasteiger partial charge is 0.367 e. The Labute approximate surface area is 124 Å². The summed E-state index contributed by atoms with van der Waals surface area (Å²) in [5, 5.41) is 1.84. The van der Waals surface area contributed by atoms with E-state index in [1.165, 1.54) is 31.6 Å². The summed E-state index contributed by atoms with van der Waals surface area (Å²) < 4.78 is 0. The standard InChI is InChI=1S/C16H18ClN3/c17-14-5-6-15(16-13(14)4-1-7-18-16)20-10-9-19-8-2-3-12(19)11-20/h1,4-7,12H,2-3,8-11H2. The molecule has 0 bridgehead atoms. The Bertz CT molecular complexity index is 643. The Hall–Kier alpha value is -1.32. The molecule has 2 aliphatic rings. The van der Waals surface area contributed by atoms with Crippen LogP contribution in [0.2, 0.25) is 5.02 Å². The van der Waals surface area contributed by atoms with E-state index in [1.54, 1.807) is 0 Å². The fourth-order valence-corrected chi connectivity index (χ4v) is 3.80. The molecule has 0 spiro atoms. The number of pyridine rings is 1. The molecule has 1 unspecified atom stereocenters. The van der Waals surface area contributed by atoms with Gasteiger partial charge in [-0.3, -0.25) is 9.88 Å². The molecule has 1 aromatic carbocycles. The molecular weight excluding hydrogens is 270 g/mol. The molecule has 1 aromatic heterocycles. The predicted octanol–water partition coefficient (Wildman–Crippen LogP) is 3.17. The summed E-state index contributed by atoms with van der Waals surface area (Å²) in [5.74, 6) is 0. The van der Waals surface area contributed by atoms with E-state index in [0.717, 1.165) is 35.1 Å². The van der Waals surface area contributed by atoms with Crippen molar-refractivity contribution in [2.45, 2.75) is 18.9 Å². The minimum atomic E-state index is 0.721. The summed E-state index contributed by atoms with van der Waals surface area (Å²) in [5.41, 5.74) is 2.27. The van der Waals surface area contributed by atoms with Gasteiger partial charge in [0.1, 0.15) is 0 Å². The number of hydrogen-bond acceptors (Lipinski definition) is 3. The van der Waals surface area contributed by atoms with Crippen LogP contribution in [0.4, 0.5) is 5.69 Å². The van der Waals surface area contributed by atoms with Crippen LogP contribution < -0.4 is 4.90 Å². The molecular formula is C16H18ClN3. The van der Waals surface area contributed by atoms with E-state index >= 15 is 0 Å². The molecule has 20 heavy (non-hydrogen) atoms. The first-order valence-corrected chi connectivity index (χ1v) is 7.73. The van der Waals surface area contributed by atoms with Gasteiger partial charge in [-0.1, -0.05) is 11.6 Å². The lowest BCUT2D eigenvalue weighted by molar-refractivity contribution is 0.231. The SMILES string of the molecule is Clc1ccc(N2CCN3CCCC3C2)c2ncccc12. The Balaban J connectivity index is 1.73. The number of fused-ring (bicyclic) bond motifs is 2. The third-order valence-corrected chi connectivity index (χ3v) is 4.95. The summed E-state index contributed by atoms with van der Waals surface area (Å²) in [4.78, 5) is 9.67. The van der Waals surface area contributed by atoms with Crippen LogP contribution in [-0.2, 0) is 0 Å². The minimum Gasteiger partial charge on any atom is -0.367 e. The fraction of sp³-hybridized carbons (Fsp3) is 0.438. The van der Waals surface area contributed by atoms with Gasteiger partial charge in [0.05, 0.1) is 16.2 Å². The van der Waals surface area contributed by atoms with Crippen molar-refractivity contribution in [3.63, 3.8) is 0 Å². The third-order valence-electron chi connectivity index (χ3n) is 4.62. The maximum Gasteiger partial charge on any atom is 0.0950 e. The molecule has 0 radical (unpaired) electrons. The van der Waals surface area contributed by atoms with Gasteiger partial charge in [-0.2, -0.15) is 0 Å². The highest BCUT2D eigenvalue weighted by atomic mass is 35.5. The summed E-state index contributed by atoms with van der Waals surface area (Å²) in [7, 11) is 0. The summed E-state index contributed by atoms with van der Waals surface area (Å²) >= 11 is 6.29. The van der Waals surface area contributed by atoms with Crippen molar-refractivity contribution in [3.05, 3.63) is 35.5 Å². The molecule has 2 saturated heterocycles. The molecule has 0 amide bonds. The van der Waals surface area contributed by atoms with Crippen LogP contribution in [0, 0.1) is 0 Å². The van der Waals surface area contributed by atoms with Crippen molar-refractivity contribution in [1.82, 2.24) is 9.88 Å². The first kappa shape index (κ1) is 12.4. The van der Waals surface area contributed by atoms with E-state index in [0.29, 0.717) is 0 Å². The highest BCUT2D eigenvalue weighted by molar-refractivity contribution is 6.35. The Morgan fingerprint density at radius 3 is 3.05 bits per heavy atom. The number of anilines is 1. The first-order valence-electron chi connectivity index (χ1n) is 7.35. The quantitative estimate of drug-likeness (QED) is 0.803. The number of benzene rings is 1. The van der Waals surface area contributed by atoms with Crippen molar-refractivity contribution >= 4 is 28.2 Å². The molecule has 2 fully saturated rings. The normalized spacial score (nSPS) is 23.2. The molecule has 4 rings (SSSR count). The topological polar surface area (TPSA) is 19.4 Å². The van der Waals surface area contributed by atoms with E-state index in [9.17, 15) is 0 Å². The molecule has 0 N–H and O–H groups in total. The number of aromatic nitrogens is 1. The lowest BCUT2D eigenvalue weighted by Crippen LogP contribution is -2.50. The van der Waals surface area contributed by atoms with E-state index in [-0.39, 0.29) is 0 Å². The second kappa shape index (κ2) is 4.90. The van der Waals surface area contributed by atoms with Crippen molar-refractivity contribution in [2.75, 3.05) is 31.1 Å². The first-order chi connectivity index (χ1) is 9.83. The number of halogens is 1. The molecule has 0 aliphatic carbocycles. The average molecular weight is 288 g/mol. The van der Waals surface area contributed by atoms with E-state index in [4.69, 9.17) is 11.6 Å². The van der Waals surface area contributed by atoms with Gasteiger partial charge in [0.15, 0.2) is 0 Å². The average Bonchev–Trinajstić information content (AvgIpc) is 2.95. The zero-order valence-corrected chi connectivity index (χ0v) is 12.2. The van der Waals surface area contributed by atoms with Gasteiger partial charge >= 0.3 is 0 Å². The van der Waals surface area contributed by atoms with Crippen molar-refractivity contribution < 1.29 is 0 Å². The van der Waals surface area contributed by atoms with E-state index in [2.05, 4.69) is 26.9 Å². The van der Waals surface area contributed by atoms with Crippen LogP contribution >= 0.6 is 11.6 Å². The number of rotatable bonds is 1. The highest BCUT2D eigenvalue weighted by Gasteiger charge is 2.31. The molecule has 3 heterocycles. The van der Waals surface area contributed by atoms with E-state index in [1.807, 2.05) is 18.3 Å². The molecule has 1 atom stereocenters. The van der Waals surface area contributed by atoms with Gasteiger partial charge in [-0.25, -0.2) is 0 Å². The Morgan fingerprint density at radius 2 is 2.10 bits per heavy atom. The second-order valence-corrected chi connectivity index (χ2v) is 6.15. The Kier molecular flexibility index (Phi) is 3.04. The third kappa shape index (κ3) is 1.97. The number of hydrogen-bond donors (Lipinski definition) is 0. The van der Waals surface area contributed by atoms with Gasteiger partial charge in [0, 0.05) is 37.3 Å². The van der Waals surface area contributed by atoms with Crippen molar-refractivity contribution in [1.29, 1.82) is 0 Å². The smallest absolute Gasteiger partial charge is 0.0950 e. The monoisotopic (exact) mass is 287 g/mol. The van der Waals surface area contributed by atoms with Crippen molar-refractivity contribution in [3.8, 4) is 0 Å².